The van der Waals surface area contributed by atoms with E-state index in [0.717, 1.165) is 38.9 Å². The van der Waals surface area contributed by atoms with Crippen LogP contribution in [0.2, 0.25) is 0 Å². The molecule has 0 amide bonds. The predicted molar refractivity (Wildman–Crippen MR) is 41.3 cm³/mol. The van der Waals surface area contributed by atoms with Gasteiger partial charge < -0.3 is 4.74 Å². The molecule has 1 saturated carbocycles. The number of fused-ring (bicyclic) bond motifs is 1. The molecule has 0 aromatic carbocycles. The van der Waals surface area contributed by atoms with Gasteiger partial charge in [0.2, 0.25) is 0 Å². The molecule has 0 bridgehead atoms. The number of ketones is 1. The van der Waals surface area contributed by atoms with Gasteiger partial charge >= 0.3 is 0 Å². The van der Waals surface area contributed by atoms with Crippen LogP contribution in [-0.2, 0) is 9.53 Å². The highest BCUT2D eigenvalue weighted by Crippen LogP contribution is 2.33. The maximum absolute atomic E-state index is 11.1. The predicted octanol–water partition coefficient (Wildman–Crippen LogP) is 1.39. The molecule has 2 fully saturated rings. The summed E-state index contributed by atoms with van der Waals surface area (Å²) in [5.74, 6) is 1.82. The highest BCUT2D eigenvalue weighted by atomic mass is 16.5. The summed E-state index contributed by atoms with van der Waals surface area (Å²) in [5, 5.41) is 0. The highest BCUT2D eigenvalue weighted by Gasteiger charge is 2.31. The standard InChI is InChI=1S/C9H14O2/c10-9-2-1-8-6-11-4-3-7(8)5-9/h7-8H,1-6H2/t7-,8+/m0/s1. The van der Waals surface area contributed by atoms with Gasteiger partial charge in [0.15, 0.2) is 0 Å². The van der Waals surface area contributed by atoms with Gasteiger partial charge in [-0.2, -0.15) is 0 Å². The molecule has 2 rings (SSSR count). The molecular formula is C9H14O2. The van der Waals surface area contributed by atoms with Crippen molar-refractivity contribution in [3.8, 4) is 0 Å². The molecule has 0 unspecified atom stereocenters. The third kappa shape index (κ3) is 1.45. The first kappa shape index (κ1) is 7.29. The Morgan fingerprint density at radius 3 is 3.09 bits per heavy atom. The van der Waals surface area contributed by atoms with Crippen LogP contribution in [0.25, 0.3) is 0 Å². The Morgan fingerprint density at radius 1 is 1.27 bits per heavy atom. The molecule has 1 heterocycles. The van der Waals surface area contributed by atoms with Crippen LogP contribution in [0.4, 0.5) is 0 Å². The average molecular weight is 154 g/mol. The smallest absolute Gasteiger partial charge is 0.133 e. The third-order valence-electron chi connectivity index (χ3n) is 2.92. The number of hydrogen-bond donors (Lipinski definition) is 0. The molecule has 2 atom stereocenters. The Morgan fingerprint density at radius 2 is 2.18 bits per heavy atom. The van der Waals surface area contributed by atoms with E-state index in [1.807, 2.05) is 0 Å². The SMILES string of the molecule is O=C1CC[C@@H]2COCC[C@H]2C1. The lowest BCUT2D eigenvalue weighted by atomic mass is 9.76. The number of carbonyl (C=O) groups is 1. The molecule has 1 saturated heterocycles. The second kappa shape index (κ2) is 2.94. The van der Waals surface area contributed by atoms with Gasteiger partial charge in [0.1, 0.15) is 5.78 Å². The van der Waals surface area contributed by atoms with Crippen LogP contribution in [-0.4, -0.2) is 19.0 Å². The second-order valence-electron chi connectivity index (χ2n) is 3.67. The van der Waals surface area contributed by atoms with E-state index in [4.69, 9.17) is 4.74 Å². The maximum atomic E-state index is 11.1. The van der Waals surface area contributed by atoms with Crippen molar-refractivity contribution in [3.05, 3.63) is 0 Å². The van der Waals surface area contributed by atoms with E-state index in [9.17, 15) is 4.79 Å². The normalized spacial score (nSPS) is 38.4. The fourth-order valence-corrected chi connectivity index (χ4v) is 2.17. The fourth-order valence-electron chi connectivity index (χ4n) is 2.17. The van der Waals surface area contributed by atoms with E-state index in [1.165, 1.54) is 0 Å². The van der Waals surface area contributed by atoms with Crippen LogP contribution in [0.5, 0.6) is 0 Å². The zero-order valence-electron chi connectivity index (χ0n) is 6.71. The molecular weight excluding hydrogens is 140 g/mol. The van der Waals surface area contributed by atoms with Gasteiger partial charge in [0.25, 0.3) is 0 Å². The van der Waals surface area contributed by atoms with E-state index >= 15 is 0 Å². The Hall–Kier alpha value is -0.370. The summed E-state index contributed by atoms with van der Waals surface area (Å²) < 4.78 is 5.36. The van der Waals surface area contributed by atoms with E-state index in [2.05, 4.69) is 0 Å². The Labute approximate surface area is 66.9 Å². The van der Waals surface area contributed by atoms with Gasteiger partial charge in [-0.1, -0.05) is 0 Å². The van der Waals surface area contributed by atoms with E-state index < -0.39 is 0 Å². The lowest BCUT2D eigenvalue weighted by Gasteiger charge is -2.34. The number of ether oxygens (including phenoxy) is 1. The summed E-state index contributed by atoms with van der Waals surface area (Å²) in [4.78, 5) is 11.1. The molecule has 2 heteroatoms. The van der Waals surface area contributed by atoms with Gasteiger partial charge in [-0.3, -0.25) is 4.79 Å². The van der Waals surface area contributed by atoms with Crippen molar-refractivity contribution < 1.29 is 9.53 Å². The van der Waals surface area contributed by atoms with Crippen molar-refractivity contribution >= 4 is 5.78 Å². The average Bonchev–Trinajstić information content (AvgIpc) is 2.04. The Bertz CT molecular complexity index is 165. The molecule has 0 spiro atoms. The van der Waals surface area contributed by atoms with Crippen molar-refractivity contribution in [1.29, 1.82) is 0 Å². The van der Waals surface area contributed by atoms with Crippen LogP contribution < -0.4 is 0 Å². The second-order valence-corrected chi connectivity index (χ2v) is 3.67. The van der Waals surface area contributed by atoms with Crippen molar-refractivity contribution in [2.75, 3.05) is 13.2 Å². The number of hydrogen-bond acceptors (Lipinski definition) is 2. The molecule has 0 N–H and O–H groups in total. The maximum Gasteiger partial charge on any atom is 0.133 e. The first-order valence-electron chi connectivity index (χ1n) is 4.45. The highest BCUT2D eigenvalue weighted by molar-refractivity contribution is 5.79. The molecule has 0 aromatic heterocycles. The van der Waals surface area contributed by atoms with Gasteiger partial charge in [-0.25, -0.2) is 0 Å². The Balaban J connectivity index is 1.98. The van der Waals surface area contributed by atoms with Crippen molar-refractivity contribution in [2.24, 2.45) is 11.8 Å². The zero-order chi connectivity index (χ0) is 7.68. The quantitative estimate of drug-likeness (QED) is 0.527. The zero-order valence-corrected chi connectivity index (χ0v) is 6.71. The number of rotatable bonds is 0. The van der Waals surface area contributed by atoms with Gasteiger partial charge in [-0.15, -0.1) is 0 Å². The minimum absolute atomic E-state index is 0.466. The summed E-state index contributed by atoms with van der Waals surface area (Å²) >= 11 is 0. The lowest BCUT2D eigenvalue weighted by molar-refractivity contribution is -0.125. The fraction of sp³-hybridized carbons (Fsp3) is 0.889. The molecule has 2 nitrogen and oxygen atoms in total. The van der Waals surface area contributed by atoms with Crippen LogP contribution in [0.1, 0.15) is 25.7 Å². The molecule has 2 aliphatic rings. The molecule has 62 valence electrons. The van der Waals surface area contributed by atoms with Crippen LogP contribution >= 0.6 is 0 Å². The summed E-state index contributed by atoms with van der Waals surface area (Å²) in [7, 11) is 0. The van der Waals surface area contributed by atoms with Crippen LogP contribution in [0.15, 0.2) is 0 Å². The third-order valence-corrected chi connectivity index (χ3v) is 2.92. The van der Waals surface area contributed by atoms with E-state index in [-0.39, 0.29) is 0 Å². The largest absolute Gasteiger partial charge is 0.381 e. The minimum Gasteiger partial charge on any atom is -0.381 e. The summed E-state index contributed by atoms with van der Waals surface area (Å²) in [6.45, 7) is 1.77. The summed E-state index contributed by atoms with van der Waals surface area (Å²) in [6, 6.07) is 0. The minimum atomic E-state index is 0.466. The molecule has 1 aliphatic heterocycles. The van der Waals surface area contributed by atoms with Crippen LogP contribution in [0.3, 0.4) is 0 Å². The molecule has 0 aromatic rings. The van der Waals surface area contributed by atoms with Gasteiger partial charge in [0.05, 0.1) is 0 Å². The summed E-state index contributed by atoms with van der Waals surface area (Å²) in [5.41, 5.74) is 0. The monoisotopic (exact) mass is 154 g/mol. The van der Waals surface area contributed by atoms with E-state index in [1.54, 1.807) is 0 Å². The van der Waals surface area contributed by atoms with Crippen molar-refractivity contribution in [3.63, 3.8) is 0 Å². The topological polar surface area (TPSA) is 26.3 Å². The Kier molecular flexibility index (Phi) is 1.95. The van der Waals surface area contributed by atoms with Crippen LogP contribution in [0, 0.1) is 11.8 Å². The molecule has 0 radical (unpaired) electrons. The summed E-state index contributed by atoms with van der Waals surface area (Å²) in [6.07, 6.45) is 3.80. The first-order valence-corrected chi connectivity index (χ1v) is 4.45. The molecule has 11 heavy (non-hydrogen) atoms. The van der Waals surface area contributed by atoms with Crippen molar-refractivity contribution in [1.82, 2.24) is 0 Å². The number of carbonyl (C=O) groups excluding carboxylic acids is 1. The van der Waals surface area contributed by atoms with Gasteiger partial charge in [0, 0.05) is 26.1 Å². The van der Waals surface area contributed by atoms with E-state index in [0.29, 0.717) is 17.6 Å². The number of Topliss-reactive ketones (excluding diaryl/α,β-unsaturated/α-hetero) is 1. The van der Waals surface area contributed by atoms with Gasteiger partial charge in [-0.05, 0) is 24.7 Å². The first-order chi connectivity index (χ1) is 5.36. The molecule has 1 aliphatic carbocycles. The lowest BCUT2D eigenvalue weighted by Crippen LogP contribution is -2.33. The van der Waals surface area contributed by atoms with Crippen molar-refractivity contribution in [2.45, 2.75) is 25.7 Å².